The summed E-state index contributed by atoms with van der Waals surface area (Å²) < 4.78 is 10.5. The fourth-order valence-electron chi connectivity index (χ4n) is 1.77. The topological polar surface area (TPSA) is 67.8 Å². The first-order valence-corrected chi connectivity index (χ1v) is 6.98. The smallest absolute Gasteiger partial charge is 0.255 e. The summed E-state index contributed by atoms with van der Waals surface area (Å²) in [4.78, 5) is 12.0. The lowest BCUT2D eigenvalue weighted by atomic mass is 10.2. The Kier molecular flexibility index (Phi) is 6.03. The van der Waals surface area contributed by atoms with Gasteiger partial charge in [0.1, 0.15) is 0 Å². The Labute approximate surface area is 128 Å². The van der Waals surface area contributed by atoms with Crippen molar-refractivity contribution in [3.05, 3.63) is 28.8 Å². The van der Waals surface area contributed by atoms with Gasteiger partial charge in [-0.1, -0.05) is 23.4 Å². The second kappa shape index (κ2) is 8.01. The van der Waals surface area contributed by atoms with Gasteiger partial charge in [-0.3, -0.25) is 4.79 Å². The first kappa shape index (κ1) is 15.8. The molecule has 21 heavy (non-hydrogen) atoms. The van der Waals surface area contributed by atoms with Crippen LogP contribution in [0.15, 0.2) is 18.2 Å². The van der Waals surface area contributed by atoms with E-state index in [1.165, 1.54) is 0 Å². The number of benzene rings is 1. The summed E-state index contributed by atoms with van der Waals surface area (Å²) >= 11 is 6.07. The van der Waals surface area contributed by atoms with Crippen molar-refractivity contribution in [2.45, 2.75) is 12.5 Å². The highest BCUT2D eigenvalue weighted by molar-refractivity contribution is 6.33. The Hall–Kier alpha value is -1.58. The van der Waals surface area contributed by atoms with Crippen LogP contribution in [0.1, 0.15) is 12.0 Å². The molecule has 1 aliphatic heterocycles. The molecular formula is C15H16ClNO4. The standard InChI is InChI=1S/C15H16ClNO4/c16-12-5-4-11(3-1-2-6-18)9-13(12)17-15(19)14-10-20-7-8-21-14/h4-5,9,14,18H,2,6-8,10H2,(H,17,19). The normalized spacial score (nSPS) is 17.7. The minimum atomic E-state index is -0.626. The predicted molar refractivity (Wildman–Crippen MR) is 79.2 cm³/mol. The Morgan fingerprint density at radius 3 is 3.05 bits per heavy atom. The molecule has 1 aromatic rings. The van der Waals surface area contributed by atoms with Crippen molar-refractivity contribution in [2.75, 3.05) is 31.7 Å². The number of carbonyl (C=O) groups is 1. The number of rotatable bonds is 3. The number of ether oxygens (including phenoxy) is 2. The Morgan fingerprint density at radius 2 is 2.33 bits per heavy atom. The van der Waals surface area contributed by atoms with Gasteiger partial charge in [0.05, 0.1) is 37.1 Å². The number of amides is 1. The van der Waals surface area contributed by atoms with Gasteiger partial charge in [0.25, 0.3) is 5.91 Å². The molecular weight excluding hydrogens is 294 g/mol. The molecule has 0 radical (unpaired) electrons. The lowest BCUT2D eigenvalue weighted by Crippen LogP contribution is -2.39. The highest BCUT2D eigenvalue weighted by Gasteiger charge is 2.23. The zero-order chi connectivity index (χ0) is 15.1. The van der Waals surface area contributed by atoms with Crippen molar-refractivity contribution in [3.63, 3.8) is 0 Å². The lowest BCUT2D eigenvalue weighted by Gasteiger charge is -2.22. The van der Waals surface area contributed by atoms with E-state index in [1.807, 2.05) is 0 Å². The van der Waals surface area contributed by atoms with Gasteiger partial charge < -0.3 is 19.9 Å². The molecule has 5 nitrogen and oxygen atoms in total. The summed E-state index contributed by atoms with van der Waals surface area (Å²) in [6.07, 6.45) is -0.226. The monoisotopic (exact) mass is 309 g/mol. The molecule has 112 valence electrons. The number of hydrogen-bond donors (Lipinski definition) is 2. The van der Waals surface area contributed by atoms with Crippen LogP contribution < -0.4 is 5.32 Å². The van der Waals surface area contributed by atoms with Crippen LogP contribution >= 0.6 is 11.6 Å². The highest BCUT2D eigenvalue weighted by atomic mass is 35.5. The molecule has 1 aliphatic rings. The molecule has 0 spiro atoms. The number of carbonyl (C=O) groups excluding carboxylic acids is 1. The van der Waals surface area contributed by atoms with Gasteiger partial charge in [0.15, 0.2) is 6.10 Å². The van der Waals surface area contributed by atoms with Crippen LogP contribution in [0.2, 0.25) is 5.02 Å². The largest absolute Gasteiger partial charge is 0.395 e. The third-order valence-corrected chi connectivity index (χ3v) is 3.13. The number of nitrogens with one attached hydrogen (secondary N) is 1. The number of aliphatic hydroxyl groups excluding tert-OH is 1. The summed E-state index contributed by atoms with van der Waals surface area (Å²) in [7, 11) is 0. The van der Waals surface area contributed by atoms with Crippen LogP contribution in [0.3, 0.4) is 0 Å². The van der Waals surface area contributed by atoms with E-state index in [4.69, 9.17) is 26.2 Å². The third-order valence-electron chi connectivity index (χ3n) is 2.80. The summed E-state index contributed by atoms with van der Waals surface area (Å²) in [5.41, 5.74) is 1.19. The van der Waals surface area contributed by atoms with Gasteiger partial charge >= 0.3 is 0 Å². The van der Waals surface area contributed by atoms with Gasteiger partial charge in [0, 0.05) is 12.0 Å². The average molecular weight is 310 g/mol. The number of hydrogen-bond acceptors (Lipinski definition) is 4. The maximum Gasteiger partial charge on any atom is 0.255 e. The summed E-state index contributed by atoms with van der Waals surface area (Å²) in [6, 6.07) is 5.11. The molecule has 1 unspecified atom stereocenters. The van der Waals surface area contributed by atoms with Gasteiger partial charge in [-0.15, -0.1) is 0 Å². The van der Waals surface area contributed by atoms with Crippen molar-refractivity contribution < 1.29 is 19.4 Å². The summed E-state index contributed by atoms with van der Waals surface area (Å²) in [5, 5.41) is 11.8. The molecule has 0 bridgehead atoms. The van der Waals surface area contributed by atoms with Crippen LogP contribution in [0.25, 0.3) is 0 Å². The zero-order valence-corrected chi connectivity index (χ0v) is 12.2. The molecule has 1 amide bonds. The number of halogens is 1. The molecule has 1 aromatic carbocycles. The van der Waals surface area contributed by atoms with E-state index in [2.05, 4.69) is 17.2 Å². The van der Waals surface area contributed by atoms with Crippen molar-refractivity contribution in [3.8, 4) is 11.8 Å². The van der Waals surface area contributed by atoms with Crippen LogP contribution in [0, 0.1) is 11.8 Å². The Balaban J connectivity index is 2.06. The average Bonchev–Trinajstić information content (AvgIpc) is 2.51. The maximum absolute atomic E-state index is 12.0. The van der Waals surface area contributed by atoms with Crippen molar-refractivity contribution in [1.29, 1.82) is 0 Å². The van der Waals surface area contributed by atoms with E-state index in [0.717, 1.165) is 0 Å². The molecule has 1 fully saturated rings. The maximum atomic E-state index is 12.0. The van der Waals surface area contributed by atoms with E-state index < -0.39 is 6.10 Å². The van der Waals surface area contributed by atoms with Crippen LogP contribution in [-0.2, 0) is 14.3 Å². The zero-order valence-electron chi connectivity index (χ0n) is 11.4. The second-order valence-corrected chi connectivity index (χ2v) is 4.80. The first-order chi connectivity index (χ1) is 10.2. The van der Waals surface area contributed by atoms with Crippen molar-refractivity contribution in [2.24, 2.45) is 0 Å². The minimum absolute atomic E-state index is 0.0171. The van der Waals surface area contributed by atoms with E-state index >= 15 is 0 Å². The fraction of sp³-hybridized carbons (Fsp3) is 0.400. The van der Waals surface area contributed by atoms with Crippen LogP contribution in [-0.4, -0.2) is 43.5 Å². The highest BCUT2D eigenvalue weighted by Crippen LogP contribution is 2.23. The Morgan fingerprint density at radius 1 is 1.48 bits per heavy atom. The van der Waals surface area contributed by atoms with Gasteiger partial charge in [0.2, 0.25) is 0 Å². The van der Waals surface area contributed by atoms with E-state index in [1.54, 1.807) is 18.2 Å². The summed E-state index contributed by atoms with van der Waals surface area (Å²) in [6.45, 7) is 1.15. The third kappa shape index (κ3) is 4.73. The first-order valence-electron chi connectivity index (χ1n) is 6.60. The molecule has 2 N–H and O–H groups in total. The minimum Gasteiger partial charge on any atom is -0.395 e. The number of anilines is 1. The van der Waals surface area contributed by atoms with Gasteiger partial charge in [-0.25, -0.2) is 0 Å². The van der Waals surface area contributed by atoms with E-state index in [9.17, 15) is 4.79 Å². The lowest BCUT2D eigenvalue weighted by molar-refractivity contribution is -0.142. The van der Waals surface area contributed by atoms with Gasteiger partial charge in [-0.2, -0.15) is 0 Å². The predicted octanol–water partition coefficient (Wildman–Crippen LogP) is 1.43. The van der Waals surface area contributed by atoms with Crippen LogP contribution in [0.4, 0.5) is 5.69 Å². The quantitative estimate of drug-likeness (QED) is 0.829. The molecule has 1 heterocycles. The summed E-state index contributed by atoms with van der Waals surface area (Å²) in [5.74, 6) is 5.41. The SMILES string of the molecule is O=C(Nc1cc(C#CCCO)ccc1Cl)C1COCCO1. The molecule has 1 saturated heterocycles. The molecule has 2 rings (SSSR count). The second-order valence-electron chi connectivity index (χ2n) is 4.39. The molecule has 0 aliphatic carbocycles. The van der Waals surface area contributed by atoms with Crippen molar-refractivity contribution >= 4 is 23.2 Å². The fourth-order valence-corrected chi connectivity index (χ4v) is 1.94. The molecule has 0 saturated carbocycles. The van der Waals surface area contributed by atoms with E-state index in [0.29, 0.717) is 35.9 Å². The molecule has 6 heteroatoms. The van der Waals surface area contributed by atoms with Crippen LogP contribution in [0.5, 0.6) is 0 Å². The van der Waals surface area contributed by atoms with Crippen molar-refractivity contribution in [1.82, 2.24) is 0 Å². The molecule has 0 aromatic heterocycles. The van der Waals surface area contributed by atoms with E-state index in [-0.39, 0.29) is 19.1 Å². The molecule has 1 atom stereocenters. The van der Waals surface area contributed by atoms with Gasteiger partial charge in [-0.05, 0) is 18.2 Å². The Bertz CT molecular complexity index is 559. The number of aliphatic hydroxyl groups is 1.